The highest BCUT2D eigenvalue weighted by molar-refractivity contribution is 5.45. The molecule has 0 unspecified atom stereocenters. The van der Waals surface area contributed by atoms with Crippen LogP contribution in [0.3, 0.4) is 0 Å². The third kappa shape index (κ3) is 1.42. The first kappa shape index (κ1) is 8.57. The van der Waals surface area contributed by atoms with Gasteiger partial charge in [-0.25, -0.2) is 0 Å². The molecule has 0 saturated carbocycles. The maximum atomic E-state index is 5.41. The lowest BCUT2D eigenvalue weighted by Gasteiger charge is -2.20. The van der Waals surface area contributed by atoms with Gasteiger partial charge in [0.15, 0.2) is 0 Å². The van der Waals surface area contributed by atoms with Crippen LogP contribution in [0.25, 0.3) is 0 Å². The summed E-state index contributed by atoms with van der Waals surface area (Å²) in [6.07, 6.45) is 1.01. The molecule has 13 heavy (non-hydrogen) atoms. The summed E-state index contributed by atoms with van der Waals surface area (Å²) in [5, 5.41) is 0. The normalized spacial score (nSPS) is 15.2. The van der Waals surface area contributed by atoms with Gasteiger partial charge in [0.2, 0.25) is 0 Å². The Kier molecular flexibility index (Phi) is 2.23. The predicted octanol–water partition coefficient (Wildman–Crippen LogP) is 2.08. The van der Waals surface area contributed by atoms with E-state index in [1.54, 1.807) is 7.11 Å². The van der Waals surface area contributed by atoms with Gasteiger partial charge < -0.3 is 9.47 Å². The molecule has 0 fully saturated rings. The molecule has 0 aromatic heterocycles. The van der Waals surface area contributed by atoms with Crippen LogP contribution in [0, 0.1) is 6.92 Å². The molecule has 1 heterocycles. The number of rotatable bonds is 1. The van der Waals surface area contributed by atoms with Gasteiger partial charge >= 0.3 is 0 Å². The Balaban J connectivity index is 2.52. The molecule has 1 aliphatic heterocycles. The topological polar surface area (TPSA) is 18.5 Å². The highest BCUT2D eigenvalue weighted by Crippen LogP contribution is 2.29. The van der Waals surface area contributed by atoms with Crippen molar-refractivity contribution < 1.29 is 9.47 Å². The molecule has 0 N–H and O–H groups in total. The largest absolute Gasteiger partial charge is 0.496 e. The average molecular weight is 178 g/mol. The Morgan fingerprint density at radius 1 is 1.31 bits per heavy atom. The highest BCUT2D eigenvalue weighted by atomic mass is 16.5. The minimum atomic E-state index is 0.695. The first-order valence-corrected chi connectivity index (χ1v) is 4.56. The Labute approximate surface area is 78.5 Å². The summed E-state index contributed by atoms with van der Waals surface area (Å²) in [6.45, 7) is 3.67. The summed E-state index contributed by atoms with van der Waals surface area (Å²) in [4.78, 5) is 0. The van der Waals surface area contributed by atoms with Crippen LogP contribution in [-0.4, -0.2) is 13.7 Å². The Hall–Kier alpha value is -1.02. The molecular formula is C11H14O2. The molecule has 2 nitrogen and oxygen atoms in total. The van der Waals surface area contributed by atoms with Gasteiger partial charge in [-0.2, -0.15) is 0 Å². The van der Waals surface area contributed by atoms with Crippen LogP contribution in [0.5, 0.6) is 5.75 Å². The molecule has 2 heteroatoms. The van der Waals surface area contributed by atoms with E-state index in [0.717, 1.165) is 18.8 Å². The van der Waals surface area contributed by atoms with Gasteiger partial charge in [0.25, 0.3) is 0 Å². The van der Waals surface area contributed by atoms with Crippen molar-refractivity contribution in [3.05, 3.63) is 28.8 Å². The lowest BCUT2D eigenvalue weighted by Crippen LogP contribution is -2.12. The van der Waals surface area contributed by atoms with Gasteiger partial charge in [0.1, 0.15) is 5.75 Å². The van der Waals surface area contributed by atoms with E-state index in [1.807, 2.05) is 6.07 Å². The summed E-state index contributed by atoms with van der Waals surface area (Å²) in [7, 11) is 1.71. The second-order valence-electron chi connectivity index (χ2n) is 3.34. The predicted molar refractivity (Wildman–Crippen MR) is 51.1 cm³/mol. The Morgan fingerprint density at radius 2 is 2.15 bits per heavy atom. The van der Waals surface area contributed by atoms with Crippen molar-refractivity contribution in [2.24, 2.45) is 0 Å². The van der Waals surface area contributed by atoms with E-state index in [4.69, 9.17) is 9.47 Å². The standard InChI is InChI=1S/C11H14O2/c1-8-3-4-11(12-2)10-7-13-6-5-9(8)10/h3-4H,5-7H2,1-2H3. The van der Waals surface area contributed by atoms with Crippen LogP contribution < -0.4 is 4.74 Å². The third-order valence-electron chi connectivity index (χ3n) is 2.59. The number of benzene rings is 1. The average Bonchev–Trinajstić information content (AvgIpc) is 2.19. The number of ether oxygens (including phenoxy) is 2. The van der Waals surface area contributed by atoms with Crippen molar-refractivity contribution >= 4 is 0 Å². The van der Waals surface area contributed by atoms with Crippen LogP contribution in [0.2, 0.25) is 0 Å². The van der Waals surface area contributed by atoms with E-state index in [-0.39, 0.29) is 0 Å². The van der Waals surface area contributed by atoms with Crippen molar-refractivity contribution in [1.82, 2.24) is 0 Å². The summed E-state index contributed by atoms with van der Waals surface area (Å²) in [5.41, 5.74) is 3.98. The first-order chi connectivity index (χ1) is 6.33. The van der Waals surface area contributed by atoms with Gasteiger partial charge in [-0.3, -0.25) is 0 Å². The second kappa shape index (κ2) is 3.38. The molecule has 2 rings (SSSR count). The zero-order chi connectivity index (χ0) is 9.26. The Morgan fingerprint density at radius 3 is 2.92 bits per heavy atom. The fraction of sp³-hybridized carbons (Fsp3) is 0.455. The zero-order valence-electron chi connectivity index (χ0n) is 8.09. The van der Waals surface area contributed by atoms with Crippen molar-refractivity contribution in [1.29, 1.82) is 0 Å². The van der Waals surface area contributed by atoms with Crippen LogP contribution in [0.1, 0.15) is 16.7 Å². The molecule has 1 aromatic carbocycles. The van der Waals surface area contributed by atoms with Crippen LogP contribution in [0.15, 0.2) is 12.1 Å². The second-order valence-corrected chi connectivity index (χ2v) is 3.34. The molecule has 0 atom stereocenters. The molecule has 0 spiro atoms. The van der Waals surface area contributed by atoms with E-state index in [0.29, 0.717) is 6.61 Å². The van der Waals surface area contributed by atoms with Crippen molar-refractivity contribution in [2.45, 2.75) is 20.0 Å². The van der Waals surface area contributed by atoms with E-state index < -0.39 is 0 Å². The zero-order valence-corrected chi connectivity index (χ0v) is 8.09. The number of aryl methyl sites for hydroxylation is 1. The van der Waals surface area contributed by atoms with Crippen molar-refractivity contribution in [2.75, 3.05) is 13.7 Å². The molecule has 1 aliphatic rings. The SMILES string of the molecule is COc1ccc(C)c2c1COCC2. The number of fused-ring (bicyclic) bond motifs is 1. The van der Waals surface area contributed by atoms with Gasteiger partial charge in [-0.15, -0.1) is 0 Å². The molecular weight excluding hydrogens is 164 g/mol. The van der Waals surface area contributed by atoms with E-state index in [9.17, 15) is 0 Å². The van der Waals surface area contributed by atoms with Gasteiger partial charge in [-0.1, -0.05) is 6.07 Å². The van der Waals surface area contributed by atoms with Crippen LogP contribution >= 0.6 is 0 Å². The third-order valence-corrected chi connectivity index (χ3v) is 2.59. The molecule has 70 valence electrons. The quantitative estimate of drug-likeness (QED) is 0.655. The maximum absolute atomic E-state index is 5.41. The lowest BCUT2D eigenvalue weighted by atomic mass is 9.97. The molecule has 0 aliphatic carbocycles. The first-order valence-electron chi connectivity index (χ1n) is 4.56. The molecule has 0 radical (unpaired) electrons. The summed E-state index contributed by atoms with van der Waals surface area (Å²) in [5.74, 6) is 0.959. The van der Waals surface area contributed by atoms with Gasteiger partial charge in [0, 0.05) is 5.56 Å². The van der Waals surface area contributed by atoms with E-state index in [1.165, 1.54) is 16.7 Å². The summed E-state index contributed by atoms with van der Waals surface area (Å²) >= 11 is 0. The van der Waals surface area contributed by atoms with Crippen LogP contribution in [-0.2, 0) is 17.8 Å². The number of methoxy groups -OCH3 is 1. The summed E-state index contributed by atoms with van der Waals surface area (Å²) < 4.78 is 10.7. The van der Waals surface area contributed by atoms with Gasteiger partial charge in [0.05, 0.1) is 20.3 Å². The fourth-order valence-electron chi connectivity index (χ4n) is 1.83. The van der Waals surface area contributed by atoms with Gasteiger partial charge in [-0.05, 0) is 30.5 Å². The smallest absolute Gasteiger partial charge is 0.124 e. The minimum absolute atomic E-state index is 0.695. The van der Waals surface area contributed by atoms with Crippen LogP contribution in [0.4, 0.5) is 0 Å². The maximum Gasteiger partial charge on any atom is 0.124 e. The van der Waals surface area contributed by atoms with E-state index in [2.05, 4.69) is 13.0 Å². The lowest BCUT2D eigenvalue weighted by molar-refractivity contribution is 0.108. The minimum Gasteiger partial charge on any atom is -0.496 e. The molecule has 0 amide bonds. The number of hydrogen-bond acceptors (Lipinski definition) is 2. The monoisotopic (exact) mass is 178 g/mol. The van der Waals surface area contributed by atoms with Crippen molar-refractivity contribution in [3.63, 3.8) is 0 Å². The molecule has 1 aromatic rings. The molecule has 0 bridgehead atoms. The highest BCUT2D eigenvalue weighted by Gasteiger charge is 2.15. The number of hydrogen-bond donors (Lipinski definition) is 0. The fourth-order valence-corrected chi connectivity index (χ4v) is 1.83. The molecule has 0 saturated heterocycles. The Bertz CT molecular complexity index is 318. The summed E-state index contributed by atoms with van der Waals surface area (Å²) in [6, 6.07) is 4.13. The van der Waals surface area contributed by atoms with Crippen molar-refractivity contribution in [3.8, 4) is 5.75 Å². The van der Waals surface area contributed by atoms with E-state index >= 15 is 0 Å².